The van der Waals surface area contributed by atoms with E-state index in [9.17, 15) is 13.2 Å². The molecule has 0 amide bonds. The van der Waals surface area contributed by atoms with Gasteiger partial charge in [-0.1, -0.05) is 12.1 Å². The van der Waals surface area contributed by atoms with Crippen LogP contribution < -0.4 is 14.8 Å². The molecule has 0 aliphatic carbocycles. The SMILES string of the molecule is COc1ccccc1-c1ccc2cnc(Nc3ccc(OCCN4CCN(C)CC4)cc3)nn12.O=C(O)C(F)(F)F. The number of hydrogen-bond donors (Lipinski definition) is 2. The number of ether oxygens (including phenoxy) is 2. The zero-order valence-corrected chi connectivity index (χ0v) is 22.6. The number of alkyl halides is 3. The standard InChI is InChI=1S/C26H30N6O2.C2HF3O2/c1-30-13-15-31(16-14-30)17-18-34-22-10-7-20(8-11-22)28-26-27-19-21-9-12-24(32(21)29-26)23-5-3-4-6-25(23)33-2;3-2(4,5)1(6)7/h3-12,19H,13-18H2,1-2H3,(H,28,29);(H,6,7). The van der Waals surface area contributed by atoms with Crippen molar-refractivity contribution in [3.8, 4) is 22.8 Å². The van der Waals surface area contributed by atoms with Crippen LogP contribution in [-0.4, -0.2) is 95.1 Å². The first-order valence-corrected chi connectivity index (χ1v) is 12.8. The van der Waals surface area contributed by atoms with E-state index in [0.29, 0.717) is 12.6 Å². The first-order valence-electron chi connectivity index (χ1n) is 12.8. The zero-order chi connectivity index (χ0) is 29.4. The Hall–Kier alpha value is -4.36. The van der Waals surface area contributed by atoms with Gasteiger partial charge < -0.3 is 24.8 Å². The largest absolute Gasteiger partial charge is 0.496 e. The fourth-order valence-corrected chi connectivity index (χ4v) is 4.15. The number of carboxylic acids is 1. The summed E-state index contributed by atoms with van der Waals surface area (Å²) in [6.45, 7) is 6.10. The van der Waals surface area contributed by atoms with Gasteiger partial charge in [-0.25, -0.2) is 14.3 Å². The van der Waals surface area contributed by atoms with Crippen molar-refractivity contribution in [2.45, 2.75) is 6.18 Å². The molecular formula is C28H31F3N6O4. The Labute approximate surface area is 234 Å². The van der Waals surface area contributed by atoms with Crippen LogP contribution >= 0.6 is 0 Å². The number of aromatic nitrogens is 3. The molecule has 1 aliphatic rings. The third kappa shape index (κ3) is 8.08. The molecule has 0 unspecified atom stereocenters. The molecule has 3 heterocycles. The second-order valence-corrected chi connectivity index (χ2v) is 9.28. The van der Waals surface area contributed by atoms with Crippen molar-refractivity contribution in [3.05, 3.63) is 66.9 Å². The number of nitrogens with zero attached hydrogens (tertiary/aromatic N) is 5. The second kappa shape index (κ2) is 13.3. The van der Waals surface area contributed by atoms with E-state index in [2.05, 4.69) is 27.1 Å². The van der Waals surface area contributed by atoms with Crippen molar-refractivity contribution in [3.63, 3.8) is 0 Å². The average molecular weight is 573 g/mol. The summed E-state index contributed by atoms with van der Waals surface area (Å²) in [5.41, 5.74) is 3.74. The predicted octanol–water partition coefficient (Wildman–Crippen LogP) is 4.41. The van der Waals surface area contributed by atoms with Gasteiger partial charge in [-0.2, -0.15) is 13.2 Å². The Morgan fingerprint density at radius 2 is 1.71 bits per heavy atom. The molecule has 2 aromatic heterocycles. The lowest BCUT2D eigenvalue weighted by Gasteiger charge is -2.32. The lowest BCUT2D eigenvalue weighted by Crippen LogP contribution is -2.45. The molecule has 2 aromatic carbocycles. The fourth-order valence-electron chi connectivity index (χ4n) is 4.15. The highest BCUT2D eigenvalue weighted by molar-refractivity contribution is 5.73. The molecule has 0 radical (unpaired) electrons. The smallest absolute Gasteiger partial charge is 0.490 e. The molecule has 0 bridgehead atoms. The van der Waals surface area contributed by atoms with Crippen LogP contribution in [0.2, 0.25) is 0 Å². The molecule has 41 heavy (non-hydrogen) atoms. The fraction of sp³-hybridized carbons (Fsp3) is 0.321. The first kappa shape index (κ1) is 29.6. The van der Waals surface area contributed by atoms with Crippen molar-refractivity contribution < 1.29 is 32.5 Å². The number of benzene rings is 2. The summed E-state index contributed by atoms with van der Waals surface area (Å²) in [6.07, 6.45) is -3.27. The Morgan fingerprint density at radius 3 is 2.37 bits per heavy atom. The maximum atomic E-state index is 10.6. The van der Waals surface area contributed by atoms with Crippen molar-refractivity contribution in [1.29, 1.82) is 0 Å². The van der Waals surface area contributed by atoms with Gasteiger partial charge in [-0.15, -0.1) is 5.10 Å². The minimum absolute atomic E-state index is 0.517. The Bertz CT molecular complexity index is 1440. The number of rotatable bonds is 8. The topological polar surface area (TPSA) is 104 Å². The second-order valence-electron chi connectivity index (χ2n) is 9.28. The van der Waals surface area contributed by atoms with Crippen LogP contribution in [0, 0.1) is 0 Å². The first-order chi connectivity index (χ1) is 19.6. The predicted molar refractivity (Wildman–Crippen MR) is 148 cm³/mol. The molecule has 1 aliphatic heterocycles. The molecule has 1 fully saturated rings. The monoisotopic (exact) mass is 572 g/mol. The number of aliphatic carboxylic acids is 1. The number of carbonyl (C=O) groups is 1. The summed E-state index contributed by atoms with van der Waals surface area (Å²) in [5, 5.41) is 15.1. The van der Waals surface area contributed by atoms with Crippen molar-refractivity contribution in [2.24, 2.45) is 0 Å². The lowest BCUT2D eigenvalue weighted by molar-refractivity contribution is -0.192. The van der Waals surface area contributed by atoms with Crippen molar-refractivity contribution in [1.82, 2.24) is 24.4 Å². The van der Waals surface area contributed by atoms with Crippen LogP contribution in [0.3, 0.4) is 0 Å². The van der Waals surface area contributed by atoms with E-state index >= 15 is 0 Å². The highest BCUT2D eigenvalue weighted by Crippen LogP contribution is 2.30. The van der Waals surface area contributed by atoms with Gasteiger partial charge in [0.05, 0.1) is 24.5 Å². The summed E-state index contributed by atoms with van der Waals surface area (Å²) >= 11 is 0. The zero-order valence-electron chi connectivity index (χ0n) is 22.6. The van der Waals surface area contributed by atoms with E-state index < -0.39 is 12.1 Å². The lowest BCUT2D eigenvalue weighted by atomic mass is 10.1. The molecule has 0 atom stereocenters. The highest BCUT2D eigenvalue weighted by atomic mass is 19.4. The number of methoxy groups -OCH3 is 1. The number of halogens is 3. The summed E-state index contributed by atoms with van der Waals surface area (Å²) in [6, 6.07) is 19.9. The molecule has 2 N–H and O–H groups in total. The number of nitrogens with one attached hydrogen (secondary N) is 1. The number of fused-ring (bicyclic) bond motifs is 1. The Balaban J connectivity index is 0.000000493. The number of piperazine rings is 1. The van der Waals surface area contributed by atoms with Gasteiger partial charge in [0, 0.05) is 44.0 Å². The summed E-state index contributed by atoms with van der Waals surface area (Å²) in [7, 11) is 3.85. The van der Waals surface area contributed by atoms with Gasteiger partial charge in [0.2, 0.25) is 5.95 Å². The summed E-state index contributed by atoms with van der Waals surface area (Å²) in [4.78, 5) is 18.2. The van der Waals surface area contributed by atoms with Gasteiger partial charge in [-0.05, 0) is 55.6 Å². The normalized spacial score (nSPS) is 14.3. The molecule has 0 saturated carbocycles. The van der Waals surface area contributed by atoms with Crippen LogP contribution in [0.4, 0.5) is 24.8 Å². The maximum absolute atomic E-state index is 10.6. The van der Waals surface area contributed by atoms with Crippen LogP contribution in [-0.2, 0) is 4.79 Å². The van der Waals surface area contributed by atoms with E-state index in [-0.39, 0.29) is 0 Å². The number of carboxylic acid groups (broad SMARTS) is 1. The Kier molecular flexibility index (Phi) is 9.63. The van der Waals surface area contributed by atoms with E-state index in [1.54, 1.807) is 7.11 Å². The number of para-hydroxylation sites is 1. The number of likely N-dealkylation sites (N-methyl/N-ethyl adjacent to an activating group) is 1. The summed E-state index contributed by atoms with van der Waals surface area (Å²) in [5.74, 6) is -0.574. The van der Waals surface area contributed by atoms with Crippen LogP contribution in [0.15, 0.2) is 66.9 Å². The van der Waals surface area contributed by atoms with Crippen LogP contribution in [0.25, 0.3) is 16.8 Å². The molecule has 218 valence electrons. The van der Waals surface area contributed by atoms with E-state index in [1.165, 1.54) is 0 Å². The molecule has 1 saturated heterocycles. The van der Waals surface area contributed by atoms with Crippen molar-refractivity contribution in [2.75, 3.05) is 58.8 Å². The van der Waals surface area contributed by atoms with E-state index in [4.69, 9.17) is 24.5 Å². The molecule has 4 aromatic rings. The highest BCUT2D eigenvalue weighted by Gasteiger charge is 2.38. The van der Waals surface area contributed by atoms with E-state index in [1.807, 2.05) is 71.4 Å². The van der Waals surface area contributed by atoms with Gasteiger partial charge in [-0.3, -0.25) is 4.90 Å². The minimum Gasteiger partial charge on any atom is -0.496 e. The molecule has 5 rings (SSSR count). The van der Waals surface area contributed by atoms with Crippen LogP contribution in [0.1, 0.15) is 0 Å². The maximum Gasteiger partial charge on any atom is 0.490 e. The van der Waals surface area contributed by atoms with Crippen molar-refractivity contribution >= 4 is 23.1 Å². The average Bonchev–Trinajstić information content (AvgIpc) is 3.38. The molecule has 10 nitrogen and oxygen atoms in total. The third-order valence-electron chi connectivity index (χ3n) is 6.41. The van der Waals surface area contributed by atoms with Gasteiger partial charge in [0.1, 0.15) is 18.1 Å². The molecule has 13 heteroatoms. The third-order valence-corrected chi connectivity index (χ3v) is 6.41. The quantitative estimate of drug-likeness (QED) is 0.318. The molecular weight excluding hydrogens is 541 g/mol. The van der Waals surface area contributed by atoms with Crippen LogP contribution in [0.5, 0.6) is 11.5 Å². The van der Waals surface area contributed by atoms with E-state index in [0.717, 1.165) is 66.7 Å². The number of hydrogen-bond acceptors (Lipinski definition) is 8. The van der Waals surface area contributed by atoms with Gasteiger partial charge in [0.25, 0.3) is 0 Å². The van der Waals surface area contributed by atoms with Gasteiger partial charge >= 0.3 is 12.1 Å². The summed E-state index contributed by atoms with van der Waals surface area (Å²) < 4.78 is 45.1. The van der Waals surface area contributed by atoms with Gasteiger partial charge in [0.15, 0.2) is 0 Å². The Morgan fingerprint density at radius 1 is 1.02 bits per heavy atom. The minimum atomic E-state index is -5.08. The number of anilines is 2. The molecule has 0 spiro atoms.